The minimum absolute atomic E-state index is 0.106. The number of hydrogen-bond acceptors (Lipinski definition) is 3. The highest BCUT2D eigenvalue weighted by atomic mass is 79.9. The molecule has 6 heteroatoms. The lowest BCUT2D eigenvalue weighted by atomic mass is 9.88. The zero-order valence-electron chi connectivity index (χ0n) is 9.25. The molecule has 2 rings (SSSR count). The third-order valence-corrected chi connectivity index (χ3v) is 4.19. The van der Waals surface area contributed by atoms with Crippen molar-refractivity contribution in [3.8, 4) is 0 Å². The van der Waals surface area contributed by atoms with Crippen molar-refractivity contribution in [3.05, 3.63) is 15.9 Å². The molecule has 0 bridgehead atoms. The van der Waals surface area contributed by atoms with E-state index in [0.717, 1.165) is 15.9 Å². The lowest BCUT2D eigenvalue weighted by Crippen LogP contribution is -2.62. The smallest absolute Gasteiger partial charge is 0.305 e. The molecule has 0 aromatic carbocycles. The van der Waals surface area contributed by atoms with E-state index in [1.165, 1.54) is 0 Å². The van der Waals surface area contributed by atoms with Gasteiger partial charge >= 0.3 is 5.97 Å². The molecule has 2 N–H and O–H groups in total. The number of halogens is 1. The maximum absolute atomic E-state index is 10.9. The lowest BCUT2D eigenvalue weighted by molar-refractivity contribution is -0.140. The van der Waals surface area contributed by atoms with Crippen LogP contribution in [0.4, 0.5) is 0 Å². The number of aromatic nitrogens is 2. The summed E-state index contributed by atoms with van der Waals surface area (Å²) in [5.74, 6) is -0.787. The van der Waals surface area contributed by atoms with E-state index in [0.29, 0.717) is 13.1 Å². The summed E-state index contributed by atoms with van der Waals surface area (Å²) in [4.78, 5) is 10.9. The van der Waals surface area contributed by atoms with Crippen LogP contribution in [0.3, 0.4) is 0 Å². The Labute approximate surface area is 102 Å². The van der Waals surface area contributed by atoms with Crippen LogP contribution in [-0.4, -0.2) is 33.9 Å². The van der Waals surface area contributed by atoms with Gasteiger partial charge in [-0.3, -0.25) is 9.48 Å². The van der Waals surface area contributed by atoms with Crippen molar-refractivity contribution < 1.29 is 9.90 Å². The molecule has 0 unspecified atom stereocenters. The molecule has 0 amide bonds. The first-order valence-electron chi connectivity index (χ1n) is 5.11. The van der Waals surface area contributed by atoms with Gasteiger partial charge in [-0.2, -0.15) is 5.10 Å². The highest BCUT2D eigenvalue weighted by molar-refractivity contribution is 9.10. The minimum atomic E-state index is -0.787. The SMILES string of the molecule is Cc1nn(C2(CC(=O)O)CNC2)c(C)c1Br. The first kappa shape index (κ1) is 11.6. The van der Waals surface area contributed by atoms with Crippen LogP contribution >= 0.6 is 15.9 Å². The zero-order valence-corrected chi connectivity index (χ0v) is 10.8. The molecular weight excluding hydrogens is 274 g/mol. The van der Waals surface area contributed by atoms with Gasteiger partial charge in [-0.15, -0.1) is 0 Å². The van der Waals surface area contributed by atoms with Crippen LogP contribution in [0, 0.1) is 13.8 Å². The van der Waals surface area contributed by atoms with Gasteiger partial charge in [0.1, 0.15) is 0 Å². The van der Waals surface area contributed by atoms with Crippen molar-refractivity contribution in [2.24, 2.45) is 0 Å². The molecule has 1 aliphatic rings. The summed E-state index contributed by atoms with van der Waals surface area (Å²) in [6.07, 6.45) is 0.106. The second kappa shape index (κ2) is 3.85. The summed E-state index contributed by atoms with van der Waals surface area (Å²) in [7, 11) is 0. The molecule has 1 aromatic heterocycles. The summed E-state index contributed by atoms with van der Waals surface area (Å²) in [6.45, 7) is 5.18. The Balaban J connectivity index is 2.40. The number of carboxylic acid groups (broad SMARTS) is 1. The second-order valence-corrected chi connectivity index (χ2v) is 5.09. The maximum atomic E-state index is 10.9. The summed E-state index contributed by atoms with van der Waals surface area (Å²) in [5, 5.41) is 16.5. The topological polar surface area (TPSA) is 67.2 Å². The van der Waals surface area contributed by atoms with E-state index >= 15 is 0 Å². The predicted octanol–water partition coefficient (Wildman–Crippen LogP) is 1.04. The summed E-state index contributed by atoms with van der Waals surface area (Å²) in [6, 6.07) is 0. The number of nitrogens with zero attached hydrogens (tertiary/aromatic N) is 2. The van der Waals surface area contributed by atoms with Crippen molar-refractivity contribution in [3.63, 3.8) is 0 Å². The Hall–Kier alpha value is -0.880. The minimum Gasteiger partial charge on any atom is -0.481 e. The Morgan fingerprint density at radius 1 is 1.62 bits per heavy atom. The van der Waals surface area contributed by atoms with E-state index in [4.69, 9.17) is 5.11 Å². The number of carboxylic acids is 1. The Kier molecular flexibility index (Phi) is 2.79. The largest absolute Gasteiger partial charge is 0.481 e. The van der Waals surface area contributed by atoms with Crippen molar-refractivity contribution >= 4 is 21.9 Å². The Morgan fingerprint density at radius 2 is 2.25 bits per heavy atom. The van der Waals surface area contributed by atoms with E-state index < -0.39 is 11.5 Å². The van der Waals surface area contributed by atoms with Crippen molar-refractivity contribution in [2.75, 3.05) is 13.1 Å². The standard InChI is InChI=1S/C10H14BrN3O2/c1-6-9(11)7(2)14(13-6)10(3-8(15)16)4-12-5-10/h12H,3-5H2,1-2H3,(H,15,16). The van der Waals surface area contributed by atoms with E-state index in [2.05, 4.69) is 26.3 Å². The van der Waals surface area contributed by atoms with Crippen LogP contribution in [0.25, 0.3) is 0 Å². The molecule has 2 heterocycles. The number of nitrogens with one attached hydrogen (secondary N) is 1. The van der Waals surface area contributed by atoms with Gasteiger partial charge in [0.05, 0.1) is 27.8 Å². The Bertz CT molecular complexity index is 438. The maximum Gasteiger partial charge on any atom is 0.305 e. The van der Waals surface area contributed by atoms with Gasteiger partial charge in [0.15, 0.2) is 0 Å². The fourth-order valence-corrected chi connectivity index (χ4v) is 2.38. The molecule has 1 aliphatic heterocycles. The molecule has 0 atom stereocenters. The van der Waals surface area contributed by atoms with Gasteiger partial charge < -0.3 is 10.4 Å². The number of carbonyl (C=O) groups is 1. The summed E-state index contributed by atoms with van der Waals surface area (Å²) >= 11 is 3.46. The monoisotopic (exact) mass is 287 g/mol. The molecule has 1 fully saturated rings. The molecule has 88 valence electrons. The Morgan fingerprint density at radius 3 is 2.56 bits per heavy atom. The van der Waals surface area contributed by atoms with Crippen LogP contribution in [-0.2, 0) is 10.3 Å². The third-order valence-electron chi connectivity index (χ3n) is 3.04. The van der Waals surface area contributed by atoms with Gasteiger partial charge in [-0.05, 0) is 29.8 Å². The van der Waals surface area contributed by atoms with Crippen LogP contribution in [0.5, 0.6) is 0 Å². The fraction of sp³-hybridized carbons (Fsp3) is 0.600. The van der Waals surface area contributed by atoms with Gasteiger partial charge in [-0.25, -0.2) is 0 Å². The average molecular weight is 288 g/mol. The fourth-order valence-electron chi connectivity index (χ4n) is 2.13. The lowest BCUT2D eigenvalue weighted by Gasteiger charge is -2.42. The van der Waals surface area contributed by atoms with Crippen LogP contribution in [0.15, 0.2) is 4.47 Å². The number of aliphatic carboxylic acids is 1. The molecular formula is C10H14BrN3O2. The molecule has 0 saturated carbocycles. The van der Waals surface area contributed by atoms with Crippen molar-refractivity contribution in [2.45, 2.75) is 25.8 Å². The molecule has 1 aromatic rings. The summed E-state index contributed by atoms with van der Waals surface area (Å²) < 4.78 is 2.81. The van der Waals surface area contributed by atoms with Gasteiger partial charge in [0.25, 0.3) is 0 Å². The van der Waals surface area contributed by atoms with E-state index in [1.54, 1.807) is 0 Å². The number of hydrogen-bond donors (Lipinski definition) is 2. The normalized spacial score (nSPS) is 18.2. The molecule has 0 radical (unpaired) electrons. The first-order valence-corrected chi connectivity index (χ1v) is 5.90. The van der Waals surface area contributed by atoms with Crippen LogP contribution in [0.1, 0.15) is 17.8 Å². The highest BCUT2D eigenvalue weighted by Gasteiger charge is 2.43. The van der Waals surface area contributed by atoms with E-state index in [1.807, 2.05) is 18.5 Å². The van der Waals surface area contributed by atoms with E-state index in [9.17, 15) is 4.79 Å². The first-order chi connectivity index (χ1) is 7.46. The second-order valence-electron chi connectivity index (χ2n) is 4.30. The molecule has 16 heavy (non-hydrogen) atoms. The van der Waals surface area contributed by atoms with Crippen LogP contribution in [0.2, 0.25) is 0 Å². The van der Waals surface area contributed by atoms with Crippen LogP contribution < -0.4 is 5.32 Å². The predicted molar refractivity (Wildman–Crippen MR) is 62.5 cm³/mol. The number of rotatable bonds is 3. The highest BCUT2D eigenvalue weighted by Crippen LogP contribution is 2.31. The average Bonchev–Trinajstić information content (AvgIpc) is 2.40. The molecule has 1 saturated heterocycles. The zero-order chi connectivity index (χ0) is 11.9. The number of aryl methyl sites for hydroxylation is 1. The third kappa shape index (κ3) is 1.66. The van der Waals surface area contributed by atoms with E-state index in [-0.39, 0.29) is 6.42 Å². The summed E-state index contributed by atoms with van der Waals surface area (Å²) in [5.41, 5.74) is 1.49. The molecule has 5 nitrogen and oxygen atoms in total. The van der Waals surface area contributed by atoms with Gasteiger partial charge in [0.2, 0.25) is 0 Å². The van der Waals surface area contributed by atoms with Crippen molar-refractivity contribution in [1.82, 2.24) is 15.1 Å². The van der Waals surface area contributed by atoms with Crippen molar-refractivity contribution in [1.29, 1.82) is 0 Å². The molecule has 0 spiro atoms. The molecule has 0 aliphatic carbocycles. The quantitative estimate of drug-likeness (QED) is 0.872. The van der Waals surface area contributed by atoms with Gasteiger partial charge in [-0.1, -0.05) is 0 Å². The van der Waals surface area contributed by atoms with Gasteiger partial charge in [0, 0.05) is 13.1 Å².